The number of hydrogen-bond donors (Lipinski definition) is 3. The minimum Gasteiger partial charge on any atom is -0.392 e. The Bertz CT molecular complexity index is 665. The third-order valence-electron chi connectivity index (χ3n) is 5.39. The fourth-order valence-electron chi connectivity index (χ4n) is 3.70. The highest BCUT2D eigenvalue weighted by atomic mass is 16.5. The zero-order valence-electron chi connectivity index (χ0n) is 15.5. The van der Waals surface area contributed by atoms with Crippen molar-refractivity contribution in [1.29, 1.82) is 0 Å². The largest absolute Gasteiger partial charge is 0.392 e. The summed E-state index contributed by atoms with van der Waals surface area (Å²) in [5, 5.41) is 17.3. The summed E-state index contributed by atoms with van der Waals surface area (Å²) in [7, 11) is 0. The van der Waals surface area contributed by atoms with Gasteiger partial charge >= 0.3 is 0 Å². The molecule has 0 bridgehead atoms. The van der Waals surface area contributed by atoms with Crippen LogP contribution in [-0.2, 0) is 0 Å². The maximum Gasteiger partial charge on any atom is 0.261 e. The highest BCUT2D eigenvalue weighted by Crippen LogP contribution is 2.27. The Labute approximate surface area is 155 Å². The van der Waals surface area contributed by atoms with Crippen molar-refractivity contribution in [2.75, 3.05) is 12.3 Å². The van der Waals surface area contributed by atoms with Gasteiger partial charge in [-0.1, -0.05) is 44.2 Å². The number of anilines is 1. The topological polar surface area (TPSA) is 97.2 Å². The smallest absolute Gasteiger partial charge is 0.261 e. The van der Waals surface area contributed by atoms with Gasteiger partial charge in [0.25, 0.3) is 11.8 Å². The molecule has 1 fully saturated rings. The molecule has 1 aromatic carbocycles. The Balaban J connectivity index is 1.43. The molecule has 0 aliphatic heterocycles. The summed E-state index contributed by atoms with van der Waals surface area (Å²) in [5.41, 5.74) is 7.48. The fraction of sp³-hybridized carbons (Fsp3) is 0.600. The Morgan fingerprint density at radius 2 is 1.96 bits per heavy atom. The maximum absolute atomic E-state index is 10.3. The van der Waals surface area contributed by atoms with Crippen molar-refractivity contribution in [2.24, 2.45) is 5.92 Å². The van der Waals surface area contributed by atoms with Crippen molar-refractivity contribution in [3.63, 3.8) is 0 Å². The zero-order chi connectivity index (χ0) is 18.4. The van der Waals surface area contributed by atoms with Gasteiger partial charge in [0.15, 0.2) is 0 Å². The summed E-state index contributed by atoms with van der Waals surface area (Å²) < 4.78 is 5.07. The summed E-state index contributed by atoms with van der Waals surface area (Å²) >= 11 is 0. The molecule has 3 rings (SSSR count). The number of hydrogen-bond acceptors (Lipinski definition) is 6. The lowest BCUT2D eigenvalue weighted by Crippen LogP contribution is -2.29. The molecule has 4 N–H and O–H groups in total. The van der Waals surface area contributed by atoms with Crippen molar-refractivity contribution >= 4 is 5.95 Å². The number of nitrogens with two attached hydrogens (primary N) is 1. The predicted molar refractivity (Wildman–Crippen MR) is 102 cm³/mol. The minimum absolute atomic E-state index is 0.140. The first-order valence-electron chi connectivity index (χ1n) is 9.73. The molecule has 26 heavy (non-hydrogen) atoms. The van der Waals surface area contributed by atoms with Gasteiger partial charge in [0.1, 0.15) is 0 Å². The number of aromatic nitrogens is 2. The van der Waals surface area contributed by atoms with E-state index in [1.54, 1.807) is 0 Å². The molecule has 0 amide bonds. The molecule has 0 saturated heterocycles. The van der Waals surface area contributed by atoms with Crippen LogP contribution in [0.4, 0.5) is 5.95 Å². The summed E-state index contributed by atoms with van der Waals surface area (Å²) in [5.74, 6) is 1.39. The SMILES string of the molecule is CC(NC[C@@H](O)CCC1CCCCC1)c1ccc(-c2nc(N)no2)cc1. The maximum atomic E-state index is 10.3. The lowest BCUT2D eigenvalue weighted by Gasteiger charge is -2.23. The van der Waals surface area contributed by atoms with Gasteiger partial charge in [-0.15, -0.1) is 0 Å². The van der Waals surface area contributed by atoms with E-state index in [0.717, 1.165) is 29.9 Å². The van der Waals surface area contributed by atoms with Crippen LogP contribution in [0.3, 0.4) is 0 Å². The molecule has 0 radical (unpaired) electrons. The van der Waals surface area contributed by atoms with E-state index >= 15 is 0 Å². The van der Waals surface area contributed by atoms with E-state index in [9.17, 15) is 5.11 Å². The van der Waals surface area contributed by atoms with E-state index in [-0.39, 0.29) is 18.1 Å². The van der Waals surface area contributed by atoms with E-state index < -0.39 is 0 Å². The van der Waals surface area contributed by atoms with E-state index in [0.29, 0.717) is 12.4 Å². The van der Waals surface area contributed by atoms with Gasteiger partial charge in [-0.2, -0.15) is 4.98 Å². The molecule has 142 valence electrons. The average molecular weight is 358 g/mol. The van der Waals surface area contributed by atoms with E-state index in [1.165, 1.54) is 32.1 Å². The Kier molecular flexibility index (Phi) is 6.63. The summed E-state index contributed by atoms with van der Waals surface area (Å²) in [6.07, 6.45) is 8.56. The number of rotatable bonds is 8. The van der Waals surface area contributed by atoms with Crippen LogP contribution in [0.5, 0.6) is 0 Å². The number of nitrogens with zero attached hydrogens (tertiary/aromatic N) is 2. The van der Waals surface area contributed by atoms with E-state index in [1.807, 2.05) is 24.3 Å². The van der Waals surface area contributed by atoms with Gasteiger partial charge in [-0.3, -0.25) is 0 Å². The molecular weight excluding hydrogens is 328 g/mol. The van der Waals surface area contributed by atoms with Crippen LogP contribution >= 0.6 is 0 Å². The minimum atomic E-state index is -0.278. The summed E-state index contributed by atoms with van der Waals surface area (Å²) in [4.78, 5) is 4.03. The molecule has 2 aromatic rings. The second-order valence-electron chi connectivity index (χ2n) is 7.44. The van der Waals surface area contributed by atoms with Crippen LogP contribution < -0.4 is 11.1 Å². The van der Waals surface area contributed by atoms with Gasteiger partial charge in [0.2, 0.25) is 0 Å². The Hall–Kier alpha value is -1.92. The van der Waals surface area contributed by atoms with Gasteiger partial charge in [-0.05, 0) is 48.5 Å². The first-order valence-corrected chi connectivity index (χ1v) is 9.73. The Morgan fingerprint density at radius 1 is 1.23 bits per heavy atom. The van der Waals surface area contributed by atoms with Crippen LogP contribution in [0.15, 0.2) is 28.8 Å². The number of aliphatic hydroxyl groups excluding tert-OH is 1. The zero-order valence-corrected chi connectivity index (χ0v) is 15.5. The number of aliphatic hydroxyl groups is 1. The van der Waals surface area contributed by atoms with Gasteiger partial charge in [0, 0.05) is 18.2 Å². The standard InChI is InChI=1S/C20H30N4O2/c1-14(22-13-18(25)12-7-15-5-3-2-4-6-15)16-8-10-17(11-9-16)19-23-20(21)24-26-19/h8-11,14-15,18,22,25H,2-7,12-13H2,1H3,(H2,21,24)/t14?,18-/m0/s1. The van der Waals surface area contributed by atoms with Gasteiger partial charge in [0.05, 0.1) is 6.10 Å². The molecule has 1 saturated carbocycles. The highest BCUT2D eigenvalue weighted by Gasteiger charge is 2.16. The first-order chi connectivity index (χ1) is 12.6. The average Bonchev–Trinajstić information content (AvgIpc) is 3.12. The quantitative estimate of drug-likeness (QED) is 0.666. The number of nitrogens with one attached hydrogen (secondary N) is 1. The molecule has 1 unspecified atom stereocenters. The number of benzene rings is 1. The van der Waals surface area contributed by atoms with Crippen molar-refractivity contribution in [1.82, 2.24) is 15.5 Å². The molecule has 1 heterocycles. The van der Waals surface area contributed by atoms with Gasteiger partial charge in [-0.25, -0.2) is 0 Å². The molecule has 1 aliphatic carbocycles. The van der Waals surface area contributed by atoms with Crippen molar-refractivity contribution in [2.45, 2.75) is 64.0 Å². The molecule has 6 nitrogen and oxygen atoms in total. The number of nitrogen functional groups attached to an aromatic ring is 1. The Morgan fingerprint density at radius 3 is 2.62 bits per heavy atom. The van der Waals surface area contributed by atoms with Crippen LogP contribution in [0.25, 0.3) is 11.5 Å². The molecule has 0 spiro atoms. The van der Waals surface area contributed by atoms with Gasteiger partial charge < -0.3 is 20.7 Å². The predicted octanol–water partition coefficient (Wildman–Crippen LogP) is 3.69. The van der Waals surface area contributed by atoms with Crippen LogP contribution in [-0.4, -0.2) is 27.9 Å². The lowest BCUT2D eigenvalue weighted by molar-refractivity contribution is 0.144. The van der Waals surface area contributed by atoms with Crippen LogP contribution in [0.2, 0.25) is 0 Å². The van der Waals surface area contributed by atoms with Crippen LogP contribution in [0.1, 0.15) is 63.5 Å². The van der Waals surface area contributed by atoms with E-state index in [4.69, 9.17) is 10.3 Å². The third kappa shape index (κ3) is 5.29. The summed E-state index contributed by atoms with van der Waals surface area (Å²) in [6.45, 7) is 2.73. The molecule has 6 heteroatoms. The summed E-state index contributed by atoms with van der Waals surface area (Å²) in [6, 6.07) is 8.12. The van der Waals surface area contributed by atoms with Crippen molar-refractivity contribution in [3.8, 4) is 11.5 Å². The first kappa shape index (κ1) is 18.9. The van der Waals surface area contributed by atoms with Crippen molar-refractivity contribution < 1.29 is 9.63 Å². The molecule has 1 aromatic heterocycles. The second-order valence-corrected chi connectivity index (χ2v) is 7.44. The fourth-order valence-corrected chi connectivity index (χ4v) is 3.70. The monoisotopic (exact) mass is 358 g/mol. The molecule has 1 aliphatic rings. The molecular formula is C20H30N4O2. The van der Waals surface area contributed by atoms with E-state index in [2.05, 4.69) is 22.4 Å². The normalized spacial score (nSPS) is 17.9. The third-order valence-corrected chi connectivity index (χ3v) is 5.39. The molecule has 2 atom stereocenters. The van der Waals surface area contributed by atoms with Crippen LogP contribution in [0, 0.1) is 5.92 Å². The lowest BCUT2D eigenvalue weighted by atomic mass is 9.85. The second kappa shape index (κ2) is 9.14. The highest BCUT2D eigenvalue weighted by molar-refractivity contribution is 5.54. The van der Waals surface area contributed by atoms with Crippen molar-refractivity contribution in [3.05, 3.63) is 29.8 Å².